The van der Waals surface area contributed by atoms with Crippen molar-refractivity contribution in [2.24, 2.45) is 0 Å². The maximum Gasteiger partial charge on any atom is 0.335 e. The van der Waals surface area contributed by atoms with Gasteiger partial charge in [-0.05, 0) is 64.7 Å². The molecule has 158 valence electrons. The quantitative estimate of drug-likeness (QED) is 0.155. The molecule has 0 N–H and O–H groups in total. The first-order chi connectivity index (χ1) is 13.8. The summed E-state index contributed by atoms with van der Waals surface area (Å²) in [6.07, 6.45) is 30.5. The first kappa shape index (κ1) is 26.1. The summed E-state index contributed by atoms with van der Waals surface area (Å²) in [7, 11) is 1.56. The van der Waals surface area contributed by atoms with Crippen LogP contribution in [0.1, 0.15) is 71.6 Å². The van der Waals surface area contributed by atoms with Gasteiger partial charge in [0.1, 0.15) is 0 Å². The van der Waals surface area contributed by atoms with Gasteiger partial charge in [-0.3, -0.25) is 0 Å². The number of carbonyl (C=O) groups is 1. The lowest BCUT2D eigenvalue weighted by Crippen LogP contribution is -2.25. The number of carbonyl (C=O) groups excluding carboxylic acids is 1. The highest BCUT2D eigenvalue weighted by Crippen LogP contribution is 2.09. The number of rotatable bonds is 17. The van der Waals surface area contributed by atoms with E-state index in [1.807, 2.05) is 6.92 Å². The molecule has 3 heteroatoms. The molecule has 1 atom stereocenters. The van der Waals surface area contributed by atoms with E-state index < -0.39 is 6.10 Å². The molecule has 0 saturated heterocycles. The molecule has 0 rings (SSSR count). The van der Waals surface area contributed by atoms with Crippen LogP contribution in [0.25, 0.3) is 0 Å². The van der Waals surface area contributed by atoms with E-state index in [0.29, 0.717) is 6.61 Å². The van der Waals surface area contributed by atoms with Gasteiger partial charge in [0.25, 0.3) is 0 Å². The van der Waals surface area contributed by atoms with Crippen molar-refractivity contribution in [1.29, 1.82) is 0 Å². The molecule has 0 amide bonds. The largest absolute Gasteiger partial charge is 0.464 e. The second kappa shape index (κ2) is 21.4. The van der Waals surface area contributed by atoms with Gasteiger partial charge >= 0.3 is 5.97 Å². The fourth-order valence-electron chi connectivity index (χ4n) is 2.53. The van der Waals surface area contributed by atoms with Crippen molar-refractivity contribution < 1.29 is 14.3 Å². The summed E-state index contributed by atoms with van der Waals surface area (Å²) >= 11 is 0. The highest BCUT2D eigenvalue weighted by atomic mass is 16.6. The van der Waals surface area contributed by atoms with Crippen molar-refractivity contribution in [3.8, 4) is 0 Å². The van der Waals surface area contributed by atoms with Gasteiger partial charge in [0, 0.05) is 7.11 Å². The van der Waals surface area contributed by atoms with E-state index in [4.69, 9.17) is 9.47 Å². The second-order valence-electron chi connectivity index (χ2n) is 6.47. The summed E-state index contributed by atoms with van der Waals surface area (Å²) in [6.45, 7) is 4.37. The molecule has 0 saturated carbocycles. The zero-order chi connectivity index (χ0) is 20.7. The van der Waals surface area contributed by atoms with Gasteiger partial charge in [0.15, 0.2) is 6.10 Å². The molecule has 1 unspecified atom stereocenters. The Kier molecular flexibility index (Phi) is 20.0. The zero-order valence-electron chi connectivity index (χ0n) is 18.1. The van der Waals surface area contributed by atoms with Crippen LogP contribution in [0.4, 0.5) is 0 Å². The third-order valence-corrected chi connectivity index (χ3v) is 4.08. The van der Waals surface area contributed by atoms with E-state index in [1.165, 1.54) is 0 Å². The van der Waals surface area contributed by atoms with Crippen LogP contribution in [0, 0.1) is 0 Å². The van der Waals surface area contributed by atoms with Crippen LogP contribution >= 0.6 is 0 Å². The van der Waals surface area contributed by atoms with Crippen molar-refractivity contribution in [1.82, 2.24) is 0 Å². The standard InChI is InChI=1S/C25H40O3/c1-4-6-7-8-9-10-11-12-13-14-15-16-17-18-19-20-21-22-23-24(27-3)25(26)28-5-2/h6-7,9-10,12-13,15-16,18-19,24H,4-5,8,11,14,17,20-23H2,1-3H3/b7-6-,10-9-,13-12-,16-15-,19-18-. The normalized spacial score (nSPS) is 13.7. The molecular formula is C25H40O3. The van der Waals surface area contributed by atoms with E-state index in [1.54, 1.807) is 7.11 Å². The van der Waals surface area contributed by atoms with Crippen LogP contribution < -0.4 is 0 Å². The Hall–Kier alpha value is -1.87. The van der Waals surface area contributed by atoms with Gasteiger partial charge in [0.2, 0.25) is 0 Å². The lowest BCUT2D eigenvalue weighted by atomic mass is 10.1. The molecule has 0 aliphatic heterocycles. The van der Waals surface area contributed by atoms with Crippen LogP contribution in [-0.4, -0.2) is 25.8 Å². The van der Waals surface area contributed by atoms with Gasteiger partial charge in [-0.25, -0.2) is 4.79 Å². The van der Waals surface area contributed by atoms with Crippen LogP contribution in [0.2, 0.25) is 0 Å². The zero-order valence-corrected chi connectivity index (χ0v) is 18.1. The lowest BCUT2D eigenvalue weighted by molar-refractivity contribution is -0.155. The molecule has 0 bridgehead atoms. The molecule has 0 heterocycles. The van der Waals surface area contributed by atoms with E-state index in [9.17, 15) is 4.79 Å². The van der Waals surface area contributed by atoms with E-state index in [2.05, 4.69) is 67.7 Å². The number of ether oxygens (including phenoxy) is 2. The van der Waals surface area contributed by atoms with Crippen LogP contribution in [0.15, 0.2) is 60.8 Å². The SMILES string of the molecule is CC/C=C\C/C=C\C/C=C\C/C=C\C/C=C\CCCCC(OC)C(=O)OCC. The van der Waals surface area contributed by atoms with E-state index in [0.717, 1.165) is 57.8 Å². The number of methoxy groups -OCH3 is 1. The average molecular weight is 389 g/mol. The number of unbranched alkanes of at least 4 members (excludes halogenated alkanes) is 2. The van der Waals surface area contributed by atoms with E-state index >= 15 is 0 Å². The van der Waals surface area contributed by atoms with Gasteiger partial charge in [-0.1, -0.05) is 67.7 Å². The molecular weight excluding hydrogens is 348 g/mol. The fourth-order valence-corrected chi connectivity index (χ4v) is 2.53. The topological polar surface area (TPSA) is 35.5 Å². The Morgan fingerprint density at radius 2 is 1.25 bits per heavy atom. The van der Waals surface area contributed by atoms with Crippen molar-refractivity contribution in [2.45, 2.75) is 77.7 Å². The highest BCUT2D eigenvalue weighted by molar-refractivity contribution is 5.74. The first-order valence-corrected chi connectivity index (χ1v) is 10.7. The first-order valence-electron chi connectivity index (χ1n) is 10.7. The smallest absolute Gasteiger partial charge is 0.335 e. The van der Waals surface area contributed by atoms with E-state index in [-0.39, 0.29) is 5.97 Å². The molecule has 0 aromatic rings. The van der Waals surface area contributed by atoms with Crippen molar-refractivity contribution >= 4 is 5.97 Å². The Morgan fingerprint density at radius 1 is 0.750 bits per heavy atom. The third-order valence-electron chi connectivity index (χ3n) is 4.08. The van der Waals surface area contributed by atoms with Crippen LogP contribution in [-0.2, 0) is 14.3 Å². The molecule has 0 radical (unpaired) electrons. The third kappa shape index (κ3) is 17.5. The number of allylic oxidation sites excluding steroid dienone is 10. The number of esters is 1. The molecule has 3 nitrogen and oxygen atoms in total. The summed E-state index contributed by atoms with van der Waals surface area (Å²) < 4.78 is 10.2. The van der Waals surface area contributed by atoms with Crippen molar-refractivity contribution in [3.05, 3.63) is 60.8 Å². The minimum absolute atomic E-state index is 0.250. The Balaban J connectivity index is 3.62. The highest BCUT2D eigenvalue weighted by Gasteiger charge is 2.17. The van der Waals surface area contributed by atoms with Crippen LogP contribution in [0.5, 0.6) is 0 Å². The monoisotopic (exact) mass is 388 g/mol. The Bertz CT molecular complexity index is 498. The summed E-state index contributed by atoms with van der Waals surface area (Å²) in [5.74, 6) is -0.250. The minimum atomic E-state index is -0.423. The number of hydrogen-bond donors (Lipinski definition) is 0. The molecule has 0 spiro atoms. The maximum absolute atomic E-state index is 11.6. The lowest BCUT2D eigenvalue weighted by Gasteiger charge is -2.13. The summed E-state index contributed by atoms with van der Waals surface area (Å²) in [6, 6.07) is 0. The average Bonchev–Trinajstić information content (AvgIpc) is 2.70. The Morgan fingerprint density at radius 3 is 1.71 bits per heavy atom. The minimum Gasteiger partial charge on any atom is -0.464 e. The second-order valence-corrected chi connectivity index (χ2v) is 6.47. The molecule has 0 aliphatic rings. The molecule has 28 heavy (non-hydrogen) atoms. The van der Waals surface area contributed by atoms with Crippen molar-refractivity contribution in [3.63, 3.8) is 0 Å². The van der Waals surface area contributed by atoms with Crippen LogP contribution in [0.3, 0.4) is 0 Å². The van der Waals surface area contributed by atoms with Gasteiger partial charge in [-0.15, -0.1) is 0 Å². The van der Waals surface area contributed by atoms with Gasteiger partial charge in [0.05, 0.1) is 6.61 Å². The molecule has 0 fully saturated rings. The fraction of sp³-hybridized carbons (Fsp3) is 0.560. The summed E-state index contributed by atoms with van der Waals surface area (Å²) in [5, 5.41) is 0. The van der Waals surface area contributed by atoms with Crippen molar-refractivity contribution in [2.75, 3.05) is 13.7 Å². The number of hydrogen-bond acceptors (Lipinski definition) is 3. The van der Waals surface area contributed by atoms with Gasteiger partial charge < -0.3 is 9.47 Å². The predicted molar refractivity (Wildman–Crippen MR) is 120 cm³/mol. The molecule has 0 aromatic carbocycles. The molecule has 0 aromatic heterocycles. The summed E-state index contributed by atoms with van der Waals surface area (Å²) in [4.78, 5) is 11.6. The summed E-state index contributed by atoms with van der Waals surface area (Å²) in [5.41, 5.74) is 0. The van der Waals surface area contributed by atoms with Gasteiger partial charge in [-0.2, -0.15) is 0 Å². The predicted octanol–water partition coefficient (Wildman–Crippen LogP) is 6.88. The molecule has 0 aliphatic carbocycles. The Labute approximate surface area is 172 Å². The maximum atomic E-state index is 11.6.